The minimum absolute atomic E-state index is 0.112. The van der Waals surface area contributed by atoms with Crippen LogP contribution in [0.2, 0.25) is 0 Å². The van der Waals surface area contributed by atoms with Gasteiger partial charge in [-0.3, -0.25) is 0 Å². The number of hydrogen-bond acceptors (Lipinski definition) is 3. The molecular weight excluding hydrogens is 280 g/mol. The Hall–Kier alpha value is -0.810. The van der Waals surface area contributed by atoms with E-state index in [0.29, 0.717) is 19.3 Å². The molecule has 0 aromatic heterocycles. The summed E-state index contributed by atoms with van der Waals surface area (Å²) in [5.74, 6) is 1.61. The summed E-state index contributed by atoms with van der Waals surface area (Å²) in [5.41, 5.74) is 0. The van der Waals surface area contributed by atoms with Gasteiger partial charge in [0.2, 0.25) is 0 Å². The highest BCUT2D eigenvalue weighted by Crippen LogP contribution is 2.44. The van der Waals surface area contributed by atoms with Crippen molar-refractivity contribution in [3.63, 3.8) is 0 Å². The predicted molar refractivity (Wildman–Crippen MR) is 84.8 cm³/mol. The maximum absolute atomic E-state index is 12.3. The zero-order valence-corrected chi connectivity index (χ0v) is 13.8. The van der Waals surface area contributed by atoms with Crippen LogP contribution in [0.15, 0.2) is 0 Å². The summed E-state index contributed by atoms with van der Waals surface area (Å²) in [4.78, 5) is 14.2. The summed E-state index contributed by atoms with van der Waals surface area (Å²) in [6, 6.07) is 0.546. The number of carbonyl (C=O) groups is 1. The van der Waals surface area contributed by atoms with Crippen LogP contribution in [0.4, 0.5) is 4.79 Å². The van der Waals surface area contributed by atoms with Crippen LogP contribution < -0.4 is 5.32 Å². The van der Waals surface area contributed by atoms with E-state index < -0.39 is 0 Å². The molecule has 1 heterocycles. The van der Waals surface area contributed by atoms with Crippen molar-refractivity contribution in [2.24, 2.45) is 11.8 Å². The van der Waals surface area contributed by atoms with Gasteiger partial charge in [0.05, 0.1) is 19.3 Å². The first-order valence-electron chi connectivity index (χ1n) is 8.94. The molecule has 0 radical (unpaired) electrons. The van der Waals surface area contributed by atoms with Gasteiger partial charge in [0.1, 0.15) is 0 Å². The van der Waals surface area contributed by atoms with Gasteiger partial charge in [-0.15, -0.1) is 0 Å². The Kier molecular flexibility index (Phi) is 5.58. The van der Waals surface area contributed by atoms with Gasteiger partial charge in [0.25, 0.3) is 0 Å². The molecule has 3 rings (SSSR count). The highest BCUT2D eigenvalue weighted by atomic mass is 16.5. The number of nitrogens with zero attached hydrogens (tertiary/aromatic N) is 1. The topological polar surface area (TPSA) is 50.8 Å². The SMILES string of the molecule is COCCO[C@@H]1CCN(C(=O)N[C@H]2C[C@H]2C2CCCCC2)C1. The Morgan fingerprint density at radius 1 is 1.18 bits per heavy atom. The highest BCUT2D eigenvalue weighted by molar-refractivity contribution is 5.75. The third-order valence-electron chi connectivity index (χ3n) is 5.48. The average Bonchev–Trinajstić information content (AvgIpc) is 3.14. The van der Waals surface area contributed by atoms with Crippen LogP contribution in [0.25, 0.3) is 0 Å². The number of likely N-dealkylation sites (tertiary alicyclic amines) is 1. The second-order valence-corrected chi connectivity index (χ2v) is 7.07. The molecule has 126 valence electrons. The Morgan fingerprint density at radius 2 is 2.00 bits per heavy atom. The molecule has 2 saturated carbocycles. The van der Waals surface area contributed by atoms with Gasteiger partial charge in [-0.25, -0.2) is 4.79 Å². The molecule has 5 heteroatoms. The lowest BCUT2D eigenvalue weighted by Crippen LogP contribution is -2.41. The summed E-state index contributed by atoms with van der Waals surface area (Å²) in [7, 11) is 1.68. The normalized spacial score (nSPS) is 32.2. The summed E-state index contributed by atoms with van der Waals surface area (Å²) < 4.78 is 10.7. The molecule has 3 fully saturated rings. The molecule has 1 N–H and O–H groups in total. The lowest BCUT2D eigenvalue weighted by molar-refractivity contribution is 0.0236. The van der Waals surface area contributed by atoms with E-state index in [2.05, 4.69) is 5.32 Å². The molecule has 3 atom stereocenters. The van der Waals surface area contributed by atoms with Crippen molar-refractivity contribution in [2.75, 3.05) is 33.4 Å². The van der Waals surface area contributed by atoms with E-state index in [-0.39, 0.29) is 12.1 Å². The minimum atomic E-state index is 0.112. The second-order valence-electron chi connectivity index (χ2n) is 7.07. The van der Waals surface area contributed by atoms with Crippen molar-refractivity contribution >= 4 is 6.03 Å². The molecule has 2 amide bonds. The van der Waals surface area contributed by atoms with Crippen molar-refractivity contribution in [3.8, 4) is 0 Å². The maximum Gasteiger partial charge on any atom is 0.317 e. The van der Waals surface area contributed by atoms with Crippen LogP contribution in [-0.2, 0) is 9.47 Å². The number of hydrogen-bond donors (Lipinski definition) is 1. The molecule has 1 aliphatic heterocycles. The third kappa shape index (κ3) is 4.13. The van der Waals surface area contributed by atoms with E-state index in [1.807, 2.05) is 4.90 Å². The van der Waals surface area contributed by atoms with E-state index in [1.165, 1.54) is 38.5 Å². The Bertz CT molecular complexity index is 371. The molecule has 0 aromatic carbocycles. The number of urea groups is 1. The summed E-state index contributed by atoms with van der Waals surface area (Å²) in [6.07, 6.45) is 9.22. The fourth-order valence-corrected chi connectivity index (χ4v) is 4.06. The van der Waals surface area contributed by atoms with E-state index in [1.54, 1.807) is 7.11 Å². The minimum Gasteiger partial charge on any atom is -0.382 e. The van der Waals surface area contributed by atoms with Gasteiger partial charge in [0, 0.05) is 26.2 Å². The number of nitrogens with one attached hydrogen (secondary N) is 1. The first-order chi connectivity index (χ1) is 10.8. The molecule has 5 nitrogen and oxygen atoms in total. The molecule has 1 saturated heterocycles. The van der Waals surface area contributed by atoms with E-state index >= 15 is 0 Å². The zero-order valence-electron chi connectivity index (χ0n) is 13.8. The first kappa shape index (κ1) is 16.1. The summed E-state index contributed by atoms with van der Waals surface area (Å²) in [5, 5.41) is 3.24. The summed E-state index contributed by atoms with van der Waals surface area (Å²) in [6.45, 7) is 2.76. The maximum atomic E-state index is 12.3. The lowest BCUT2D eigenvalue weighted by atomic mass is 9.85. The van der Waals surface area contributed by atoms with Crippen molar-refractivity contribution in [3.05, 3.63) is 0 Å². The van der Waals surface area contributed by atoms with Crippen LogP contribution in [0.3, 0.4) is 0 Å². The zero-order chi connectivity index (χ0) is 15.4. The second kappa shape index (κ2) is 7.64. The number of rotatable bonds is 6. The number of methoxy groups -OCH3 is 1. The van der Waals surface area contributed by atoms with Crippen molar-refractivity contribution in [1.29, 1.82) is 0 Å². The van der Waals surface area contributed by atoms with Crippen molar-refractivity contribution in [1.82, 2.24) is 10.2 Å². The van der Waals surface area contributed by atoms with Gasteiger partial charge in [-0.05, 0) is 24.7 Å². The van der Waals surface area contributed by atoms with Crippen LogP contribution in [0.1, 0.15) is 44.9 Å². The van der Waals surface area contributed by atoms with Gasteiger partial charge in [0.15, 0.2) is 0 Å². The van der Waals surface area contributed by atoms with Crippen LogP contribution in [0.5, 0.6) is 0 Å². The molecular formula is C17H30N2O3. The smallest absolute Gasteiger partial charge is 0.317 e. The Morgan fingerprint density at radius 3 is 2.77 bits per heavy atom. The van der Waals surface area contributed by atoms with Gasteiger partial charge in [-0.2, -0.15) is 0 Å². The van der Waals surface area contributed by atoms with Gasteiger partial charge >= 0.3 is 6.03 Å². The molecule has 22 heavy (non-hydrogen) atoms. The average molecular weight is 310 g/mol. The van der Waals surface area contributed by atoms with Gasteiger partial charge in [-0.1, -0.05) is 32.1 Å². The molecule has 0 spiro atoms. The number of amides is 2. The number of ether oxygens (including phenoxy) is 2. The third-order valence-corrected chi connectivity index (χ3v) is 5.48. The number of carbonyl (C=O) groups excluding carboxylic acids is 1. The highest BCUT2D eigenvalue weighted by Gasteiger charge is 2.44. The Balaban J connectivity index is 1.35. The van der Waals surface area contributed by atoms with Crippen LogP contribution >= 0.6 is 0 Å². The van der Waals surface area contributed by atoms with Crippen LogP contribution in [0, 0.1) is 11.8 Å². The predicted octanol–water partition coefficient (Wildman–Crippen LogP) is 2.40. The van der Waals surface area contributed by atoms with E-state index in [4.69, 9.17) is 9.47 Å². The molecule has 0 bridgehead atoms. The van der Waals surface area contributed by atoms with Gasteiger partial charge < -0.3 is 19.7 Å². The largest absolute Gasteiger partial charge is 0.382 e. The summed E-state index contributed by atoms with van der Waals surface area (Å²) >= 11 is 0. The molecule has 0 unspecified atom stereocenters. The molecule has 2 aliphatic carbocycles. The monoisotopic (exact) mass is 310 g/mol. The van der Waals surface area contributed by atoms with E-state index in [0.717, 1.165) is 31.3 Å². The first-order valence-corrected chi connectivity index (χ1v) is 8.94. The fourth-order valence-electron chi connectivity index (χ4n) is 4.06. The molecule has 0 aromatic rings. The lowest BCUT2D eigenvalue weighted by Gasteiger charge is -2.22. The standard InChI is InChI=1S/C17H30N2O3/c1-21-9-10-22-14-7-8-19(12-14)17(20)18-16-11-15(16)13-5-3-2-4-6-13/h13-16H,2-12H2,1H3,(H,18,20)/t14-,15+,16+/m1/s1. The van der Waals surface area contributed by atoms with E-state index in [9.17, 15) is 4.79 Å². The van der Waals surface area contributed by atoms with Crippen molar-refractivity contribution < 1.29 is 14.3 Å². The fraction of sp³-hybridized carbons (Fsp3) is 0.941. The van der Waals surface area contributed by atoms with Crippen LogP contribution in [-0.4, -0.2) is 56.5 Å². The Labute approximate surface area is 133 Å². The molecule has 3 aliphatic rings. The quantitative estimate of drug-likeness (QED) is 0.767. The van der Waals surface area contributed by atoms with Crippen molar-refractivity contribution in [2.45, 2.75) is 57.1 Å².